The first kappa shape index (κ1) is 17.7. The summed E-state index contributed by atoms with van der Waals surface area (Å²) in [5.41, 5.74) is 4.43. The molecule has 1 unspecified atom stereocenters. The molecule has 123 valence electrons. The van der Waals surface area contributed by atoms with Crippen LogP contribution in [0.4, 0.5) is 0 Å². The van der Waals surface area contributed by atoms with E-state index in [1.165, 1.54) is 6.42 Å². The molecule has 0 saturated heterocycles. The summed E-state index contributed by atoms with van der Waals surface area (Å²) < 4.78 is 0. The zero-order valence-corrected chi connectivity index (χ0v) is 15.0. The van der Waals surface area contributed by atoms with E-state index in [2.05, 4.69) is 26.6 Å². The zero-order chi connectivity index (χ0) is 16.9. The Kier molecular flexibility index (Phi) is 5.96. The SMILES string of the molecule is C=C[Si](C)(C=C)c1ccc(C(=O)OO[C]2CCCCC2C)cc1. The van der Waals surface area contributed by atoms with Crippen molar-refractivity contribution in [3.63, 3.8) is 0 Å². The third-order valence-corrected chi connectivity index (χ3v) is 7.95. The van der Waals surface area contributed by atoms with E-state index in [-0.39, 0.29) is 0 Å². The van der Waals surface area contributed by atoms with E-state index in [4.69, 9.17) is 9.78 Å². The molecule has 0 bridgehead atoms. The van der Waals surface area contributed by atoms with Crippen molar-refractivity contribution in [2.24, 2.45) is 5.92 Å². The minimum atomic E-state index is -1.85. The van der Waals surface area contributed by atoms with E-state index >= 15 is 0 Å². The third kappa shape index (κ3) is 4.21. The highest BCUT2D eigenvalue weighted by Gasteiger charge is 2.26. The quantitative estimate of drug-likeness (QED) is 0.444. The molecule has 1 aromatic carbocycles. The summed E-state index contributed by atoms with van der Waals surface area (Å²) >= 11 is 0. The van der Waals surface area contributed by atoms with Crippen LogP contribution in [0, 0.1) is 12.0 Å². The normalized spacial score (nSPS) is 19.1. The van der Waals surface area contributed by atoms with Gasteiger partial charge in [-0.15, -0.1) is 13.2 Å². The number of hydrogen-bond donors (Lipinski definition) is 0. The van der Waals surface area contributed by atoms with Crippen LogP contribution in [0.2, 0.25) is 6.55 Å². The summed E-state index contributed by atoms with van der Waals surface area (Å²) in [6.07, 6.45) is 5.14. The summed E-state index contributed by atoms with van der Waals surface area (Å²) in [6, 6.07) is 7.44. The van der Waals surface area contributed by atoms with Crippen molar-refractivity contribution in [3.8, 4) is 0 Å². The van der Waals surface area contributed by atoms with Gasteiger partial charge in [-0.05, 0) is 30.9 Å². The smallest absolute Gasteiger partial charge is 0.292 e. The van der Waals surface area contributed by atoms with Gasteiger partial charge in [0, 0.05) is 0 Å². The molecule has 1 radical (unpaired) electrons. The van der Waals surface area contributed by atoms with Gasteiger partial charge in [-0.25, -0.2) is 4.79 Å². The number of hydrogen-bond acceptors (Lipinski definition) is 3. The van der Waals surface area contributed by atoms with Crippen LogP contribution in [-0.4, -0.2) is 14.0 Å². The Bertz CT molecular complexity index is 556. The lowest BCUT2D eigenvalue weighted by Crippen LogP contribution is -2.40. The lowest BCUT2D eigenvalue weighted by atomic mass is 9.88. The van der Waals surface area contributed by atoms with E-state index in [0.29, 0.717) is 11.5 Å². The second-order valence-electron chi connectivity index (χ2n) is 6.34. The number of carbonyl (C=O) groups is 1. The molecule has 0 N–H and O–H groups in total. The van der Waals surface area contributed by atoms with Crippen molar-refractivity contribution in [3.05, 3.63) is 60.5 Å². The molecule has 1 aliphatic carbocycles. The van der Waals surface area contributed by atoms with Crippen LogP contribution in [-0.2, 0) is 9.78 Å². The average molecular weight is 329 g/mol. The van der Waals surface area contributed by atoms with E-state index in [1.807, 2.05) is 23.5 Å². The lowest BCUT2D eigenvalue weighted by molar-refractivity contribution is -0.246. The average Bonchev–Trinajstić information content (AvgIpc) is 2.60. The van der Waals surface area contributed by atoms with Crippen LogP contribution in [0.25, 0.3) is 0 Å². The zero-order valence-electron chi connectivity index (χ0n) is 14.0. The summed E-state index contributed by atoms with van der Waals surface area (Å²) in [7, 11) is -1.85. The minimum Gasteiger partial charge on any atom is -0.292 e. The van der Waals surface area contributed by atoms with Gasteiger partial charge in [-0.3, -0.25) is 4.89 Å². The molecule has 2 rings (SSSR count). The maximum absolute atomic E-state index is 12.1. The van der Waals surface area contributed by atoms with E-state index in [0.717, 1.165) is 30.6 Å². The molecule has 1 atom stereocenters. The third-order valence-electron chi connectivity index (χ3n) is 4.68. The summed E-state index contributed by atoms with van der Waals surface area (Å²) in [5.74, 6) is -0.104. The lowest BCUT2D eigenvalue weighted by Gasteiger charge is -2.25. The van der Waals surface area contributed by atoms with Gasteiger partial charge in [-0.1, -0.05) is 55.0 Å². The van der Waals surface area contributed by atoms with E-state index in [9.17, 15) is 4.79 Å². The van der Waals surface area contributed by atoms with Crippen LogP contribution in [0.3, 0.4) is 0 Å². The van der Waals surface area contributed by atoms with Gasteiger partial charge in [0.15, 0.2) is 6.10 Å². The minimum absolute atomic E-state index is 0.353. The van der Waals surface area contributed by atoms with E-state index in [1.54, 1.807) is 12.1 Å². The topological polar surface area (TPSA) is 35.5 Å². The second-order valence-corrected chi connectivity index (χ2v) is 10.3. The molecule has 23 heavy (non-hydrogen) atoms. The van der Waals surface area contributed by atoms with Crippen molar-refractivity contribution in [1.29, 1.82) is 0 Å². The largest absolute Gasteiger partial charge is 0.373 e. The molecule has 1 saturated carbocycles. The summed E-state index contributed by atoms with van der Waals surface area (Å²) in [6.45, 7) is 12.1. The van der Waals surface area contributed by atoms with Gasteiger partial charge in [0.05, 0.1) is 5.56 Å². The molecular weight excluding hydrogens is 304 g/mol. The Hall–Kier alpha value is -1.65. The fourth-order valence-corrected chi connectivity index (χ4v) is 4.23. The number of carbonyl (C=O) groups excluding carboxylic acids is 1. The fraction of sp³-hybridized carbons (Fsp3) is 0.368. The molecule has 0 aromatic heterocycles. The van der Waals surface area contributed by atoms with Crippen molar-refractivity contribution < 1.29 is 14.6 Å². The second kappa shape index (κ2) is 7.75. The predicted octanol–water partition coefficient (Wildman–Crippen LogP) is 4.25. The Labute approximate surface area is 139 Å². The molecule has 1 fully saturated rings. The highest BCUT2D eigenvalue weighted by Crippen LogP contribution is 2.32. The van der Waals surface area contributed by atoms with Crippen molar-refractivity contribution >= 4 is 19.2 Å². The van der Waals surface area contributed by atoms with E-state index < -0.39 is 14.0 Å². The number of benzene rings is 1. The molecule has 1 aromatic rings. The van der Waals surface area contributed by atoms with Crippen molar-refractivity contribution in [2.45, 2.75) is 39.2 Å². The highest BCUT2D eigenvalue weighted by atomic mass is 28.3. The Balaban J connectivity index is 1.97. The van der Waals surface area contributed by atoms with Crippen LogP contribution in [0.1, 0.15) is 43.0 Å². The highest BCUT2D eigenvalue weighted by molar-refractivity contribution is 6.98. The standard InChI is InChI=1S/C19H25O3Si/c1-5-23(4,6-2)17-13-11-16(12-14-17)19(20)22-21-18-10-8-7-9-15(18)3/h5-6,11-15H,1-2,7-10H2,3-4H3. The van der Waals surface area contributed by atoms with Crippen molar-refractivity contribution in [1.82, 2.24) is 0 Å². The maximum atomic E-state index is 12.1. The van der Waals surface area contributed by atoms with Gasteiger partial charge >= 0.3 is 5.97 Å². The van der Waals surface area contributed by atoms with Crippen LogP contribution >= 0.6 is 0 Å². The summed E-state index contributed by atoms with van der Waals surface area (Å²) in [4.78, 5) is 22.4. The van der Waals surface area contributed by atoms with Gasteiger partial charge in [0.25, 0.3) is 0 Å². The van der Waals surface area contributed by atoms with Gasteiger partial charge in [0.2, 0.25) is 0 Å². The molecule has 3 nitrogen and oxygen atoms in total. The first-order valence-corrected chi connectivity index (χ1v) is 10.8. The number of rotatable bonds is 6. The molecule has 0 spiro atoms. The van der Waals surface area contributed by atoms with Gasteiger partial charge in [-0.2, -0.15) is 4.89 Å². The molecule has 4 heteroatoms. The molecule has 0 amide bonds. The Morgan fingerprint density at radius 1 is 1.22 bits per heavy atom. The van der Waals surface area contributed by atoms with Gasteiger partial charge in [0.1, 0.15) is 8.07 Å². The maximum Gasteiger partial charge on any atom is 0.373 e. The van der Waals surface area contributed by atoms with Gasteiger partial charge < -0.3 is 0 Å². The Morgan fingerprint density at radius 2 is 1.87 bits per heavy atom. The van der Waals surface area contributed by atoms with Crippen LogP contribution in [0.5, 0.6) is 0 Å². The molecule has 0 aliphatic heterocycles. The molecular formula is C19H25O3Si. The van der Waals surface area contributed by atoms with Crippen LogP contribution < -0.4 is 5.19 Å². The first-order chi connectivity index (χ1) is 11.0. The summed E-state index contributed by atoms with van der Waals surface area (Å²) in [5, 5.41) is 1.16. The Morgan fingerprint density at radius 3 is 2.43 bits per heavy atom. The predicted molar refractivity (Wildman–Crippen MR) is 95.5 cm³/mol. The first-order valence-electron chi connectivity index (χ1n) is 8.12. The molecule has 1 aliphatic rings. The fourth-order valence-electron chi connectivity index (χ4n) is 2.70. The molecule has 0 heterocycles. The van der Waals surface area contributed by atoms with Crippen molar-refractivity contribution in [2.75, 3.05) is 0 Å². The monoisotopic (exact) mass is 329 g/mol. The van der Waals surface area contributed by atoms with Crippen LogP contribution in [0.15, 0.2) is 48.8 Å².